The number of hydrogen-bond acceptors (Lipinski definition) is 0. The minimum atomic E-state index is -1.57. The predicted octanol–water partition coefficient (Wildman–Crippen LogP) is 1.64. The smallest absolute Gasteiger partial charge is 1.00 e. The maximum Gasteiger partial charge on any atom is 4.00 e. The third kappa shape index (κ3) is 8.32. The van der Waals surface area contributed by atoms with Crippen molar-refractivity contribution in [3.63, 3.8) is 0 Å². The Labute approximate surface area is 210 Å². The number of allylic oxidation sites excluding steroid dienone is 4. The molecule has 0 bridgehead atoms. The maximum absolute atomic E-state index is 6.75. The van der Waals surface area contributed by atoms with Crippen LogP contribution in [0.4, 0.5) is 0 Å². The quantitative estimate of drug-likeness (QED) is 0.303. The molecule has 152 valence electrons. The Balaban J connectivity index is 0. The fourth-order valence-corrected chi connectivity index (χ4v) is 17.5. The standard InChI is InChI=1S/C13H24ClSi2.C9H7.2ClH.Zr/c1-6-9-13(16(4,5)14)15(2,3)12-10-7-8-11-12;1-2-5-9-7-3-6-8(9)4-1;;;/h7,10,13H,6,8-9H2,1-5H3;1-7H;2*1H;/q2*-1;;;+4/p-2. The molecule has 0 nitrogen and oxygen atoms in total. The van der Waals surface area contributed by atoms with Crippen LogP contribution in [-0.2, 0) is 26.2 Å². The summed E-state index contributed by atoms with van der Waals surface area (Å²) in [5.41, 5.74) is 0. The molecule has 0 radical (unpaired) electrons. The molecule has 0 amide bonds. The molecule has 0 fully saturated rings. The summed E-state index contributed by atoms with van der Waals surface area (Å²) in [6.45, 7) is 11.8. The van der Waals surface area contributed by atoms with Gasteiger partial charge in [0.05, 0.1) is 0 Å². The molecule has 1 unspecified atom stereocenters. The molecule has 2 aromatic rings. The number of fused-ring (bicyclic) bond motifs is 1. The molecular weight excluding hydrogens is 518 g/mol. The summed E-state index contributed by atoms with van der Waals surface area (Å²) in [4.78, 5) is 0. The molecule has 28 heavy (non-hydrogen) atoms. The average molecular weight is 549 g/mol. The van der Waals surface area contributed by atoms with E-state index < -0.39 is 15.5 Å². The van der Waals surface area contributed by atoms with Crippen molar-refractivity contribution in [2.24, 2.45) is 0 Å². The van der Waals surface area contributed by atoms with Crippen molar-refractivity contribution in [2.45, 2.75) is 57.5 Å². The summed E-state index contributed by atoms with van der Waals surface area (Å²) < 4.78 is 0. The molecule has 0 saturated heterocycles. The van der Waals surface area contributed by atoms with Crippen molar-refractivity contribution < 1.29 is 51.0 Å². The molecular formula is C22H31Cl3Si2Zr. The normalized spacial score (nSPS) is 14.0. The first kappa shape index (κ1) is 30.7. The van der Waals surface area contributed by atoms with Crippen molar-refractivity contribution in [3.05, 3.63) is 65.9 Å². The van der Waals surface area contributed by atoms with Gasteiger partial charge >= 0.3 is 26.2 Å². The number of halogens is 3. The molecule has 6 heteroatoms. The fraction of sp³-hybridized carbons (Fsp3) is 0.409. The second kappa shape index (κ2) is 13.7. The number of hydrogen-bond donors (Lipinski definition) is 0. The van der Waals surface area contributed by atoms with Gasteiger partial charge in [-0.3, -0.25) is 6.08 Å². The monoisotopic (exact) mass is 546 g/mol. The van der Waals surface area contributed by atoms with Crippen LogP contribution in [0.5, 0.6) is 0 Å². The first-order valence-corrected chi connectivity index (χ1v) is 16.5. The van der Waals surface area contributed by atoms with Crippen molar-refractivity contribution in [3.8, 4) is 0 Å². The third-order valence-corrected chi connectivity index (χ3v) is 16.6. The molecule has 0 saturated carbocycles. The number of benzene rings is 1. The van der Waals surface area contributed by atoms with Crippen molar-refractivity contribution >= 4 is 37.3 Å². The Morgan fingerprint density at radius 3 is 2.25 bits per heavy atom. The first-order chi connectivity index (χ1) is 11.8. The Morgan fingerprint density at radius 1 is 1.11 bits per heavy atom. The molecule has 1 aliphatic carbocycles. The van der Waals surface area contributed by atoms with Gasteiger partial charge in [-0.05, 0) is 5.16 Å². The van der Waals surface area contributed by atoms with E-state index in [2.05, 4.69) is 93.8 Å². The van der Waals surface area contributed by atoms with E-state index in [0.717, 1.165) is 11.6 Å². The second-order valence-electron chi connectivity index (χ2n) is 7.98. The van der Waals surface area contributed by atoms with Gasteiger partial charge in [0, 0.05) is 8.07 Å². The minimum Gasteiger partial charge on any atom is -1.00 e. The van der Waals surface area contributed by atoms with Crippen LogP contribution in [-0.4, -0.2) is 15.5 Å². The number of rotatable bonds is 5. The van der Waals surface area contributed by atoms with Gasteiger partial charge in [-0.1, -0.05) is 52.0 Å². The molecule has 2 aromatic carbocycles. The van der Waals surface area contributed by atoms with Crippen LogP contribution < -0.4 is 24.8 Å². The van der Waals surface area contributed by atoms with Crippen LogP contribution in [0.15, 0.2) is 59.8 Å². The minimum absolute atomic E-state index is 0. The van der Waals surface area contributed by atoms with Gasteiger partial charge in [0.1, 0.15) is 0 Å². The summed E-state index contributed by atoms with van der Waals surface area (Å²) in [7, 11) is -2.98. The van der Waals surface area contributed by atoms with E-state index in [1.54, 1.807) is 0 Å². The van der Waals surface area contributed by atoms with Gasteiger partial charge in [-0.2, -0.15) is 34.7 Å². The van der Waals surface area contributed by atoms with Crippen LogP contribution in [0.1, 0.15) is 26.2 Å². The predicted molar refractivity (Wildman–Crippen MR) is 120 cm³/mol. The Bertz CT molecular complexity index is 715. The summed E-state index contributed by atoms with van der Waals surface area (Å²) in [6.07, 6.45) is 11.6. The molecule has 0 spiro atoms. The molecule has 0 aromatic heterocycles. The van der Waals surface area contributed by atoms with E-state index in [1.165, 1.54) is 28.8 Å². The Kier molecular flexibility index (Phi) is 15.0. The molecule has 0 aliphatic heterocycles. The van der Waals surface area contributed by atoms with E-state index in [1.807, 2.05) is 0 Å². The van der Waals surface area contributed by atoms with E-state index in [9.17, 15) is 0 Å². The van der Waals surface area contributed by atoms with Crippen molar-refractivity contribution in [1.29, 1.82) is 0 Å². The average Bonchev–Trinajstić information content (AvgIpc) is 3.23. The van der Waals surface area contributed by atoms with E-state index in [0.29, 0.717) is 0 Å². The van der Waals surface area contributed by atoms with Crippen molar-refractivity contribution in [1.82, 2.24) is 0 Å². The van der Waals surface area contributed by atoms with Gasteiger partial charge in [0.15, 0.2) is 7.38 Å². The van der Waals surface area contributed by atoms with Crippen LogP contribution in [0.2, 0.25) is 31.4 Å². The van der Waals surface area contributed by atoms with E-state index in [4.69, 9.17) is 11.1 Å². The van der Waals surface area contributed by atoms with Crippen LogP contribution in [0.25, 0.3) is 10.8 Å². The zero-order valence-corrected chi connectivity index (χ0v) is 24.3. The summed E-state index contributed by atoms with van der Waals surface area (Å²) in [5, 5.41) is 4.93. The fourth-order valence-electron chi connectivity index (χ4n) is 3.96. The molecule has 0 heterocycles. The Hall–Kier alpha value is 0.497. The molecule has 3 rings (SSSR count). The Morgan fingerprint density at radius 2 is 1.75 bits per heavy atom. The maximum atomic E-state index is 6.75. The molecule has 0 N–H and O–H groups in total. The van der Waals surface area contributed by atoms with E-state index >= 15 is 0 Å². The van der Waals surface area contributed by atoms with Gasteiger partial charge in [-0.15, -0.1) is 36.1 Å². The largest absolute Gasteiger partial charge is 4.00 e. The van der Waals surface area contributed by atoms with E-state index in [-0.39, 0.29) is 51.0 Å². The van der Waals surface area contributed by atoms with Gasteiger partial charge in [0.25, 0.3) is 0 Å². The topological polar surface area (TPSA) is 0 Å². The van der Waals surface area contributed by atoms with Crippen LogP contribution in [0, 0.1) is 6.08 Å². The molecule has 1 aliphatic rings. The molecule has 1 atom stereocenters. The SMILES string of the molecule is CCCC([Si](C)(C)Cl)[Si](C)(C)C1=[C-]CC=C1.[Cl-].[Cl-].[Zr+4].c1ccc2[cH-]ccc2c1. The van der Waals surface area contributed by atoms with Gasteiger partial charge < -0.3 is 24.8 Å². The van der Waals surface area contributed by atoms with Crippen LogP contribution in [0.3, 0.4) is 0 Å². The summed E-state index contributed by atoms with van der Waals surface area (Å²) in [5.74, 6) is 0. The van der Waals surface area contributed by atoms with Gasteiger partial charge in [-0.25, -0.2) is 11.3 Å². The second-order valence-corrected chi connectivity index (χ2v) is 20.0. The summed E-state index contributed by atoms with van der Waals surface area (Å²) >= 11 is 6.75. The first-order valence-electron chi connectivity index (χ1n) is 9.34. The zero-order valence-electron chi connectivity index (χ0n) is 17.5. The summed E-state index contributed by atoms with van der Waals surface area (Å²) in [6, 6.07) is 14.7. The third-order valence-electron chi connectivity index (χ3n) is 5.21. The van der Waals surface area contributed by atoms with Gasteiger partial charge in [0.2, 0.25) is 0 Å². The zero-order chi connectivity index (χ0) is 18.5. The van der Waals surface area contributed by atoms with Crippen molar-refractivity contribution in [2.75, 3.05) is 0 Å². The van der Waals surface area contributed by atoms with Crippen LogP contribution >= 0.6 is 11.1 Å².